The predicted octanol–water partition coefficient (Wildman–Crippen LogP) is 1.13. The molecule has 1 atom stereocenters. The van der Waals surface area contributed by atoms with Gasteiger partial charge in [0, 0.05) is 12.6 Å². The SMILES string of the molecule is CCc1ccc(OC)c(CCNC(CO)CCO)c1. The first-order valence-corrected chi connectivity index (χ1v) is 6.86. The molecule has 0 aliphatic carbocycles. The minimum atomic E-state index is -0.0367. The monoisotopic (exact) mass is 267 g/mol. The fourth-order valence-electron chi connectivity index (χ4n) is 2.07. The highest BCUT2D eigenvalue weighted by Gasteiger charge is 2.07. The lowest BCUT2D eigenvalue weighted by atomic mass is 10.0. The molecule has 0 radical (unpaired) electrons. The van der Waals surface area contributed by atoms with Crippen LogP contribution in [0.2, 0.25) is 0 Å². The summed E-state index contributed by atoms with van der Waals surface area (Å²) >= 11 is 0. The molecule has 0 saturated carbocycles. The van der Waals surface area contributed by atoms with E-state index in [1.807, 2.05) is 6.07 Å². The maximum absolute atomic E-state index is 9.14. The molecule has 0 saturated heterocycles. The minimum absolute atomic E-state index is 0.0367. The Morgan fingerprint density at radius 2 is 2.11 bits per heavy atom. The van der Waals surface area contributed by atoms with Crippen LogP contribution in [0.25, 0.3) is 0 Å². The molecular weight excluding hydrogens is 242 g/mol. The van der Waals surface area contributed by atoms with E-state index in [-0.39, 0.29) is 19.3 Å². The molecule has 0 fully saturated rings. The molecule has 0 aliphatic heterocycles. The summed E-state index contributed by atoms with van der Waals surface area (Å²) in [5, 5.41) is 21.2. The van der Waals surface area contributed by atoms with E-state index in [0.29, 0.717) is 6.42 Å². The Morgan fingerprint density at radius 1 is 1.32 bits per heavy atom. The van der Waals surface area contributed by atoms with Crippen molar-refractivity contribution < 1.29 is 14.9 Å². The fraction of sp³-hybridized carbons (Fsp3) is 0.600. The van der Waals surface area contributed by atoms with Crippen molar-refractivity contribution in [3.05, 3.63) is 29.3 Å². The molecule has 0 aromatic heterocycles. The zero-order valence-electron chi connectivity index (χ0n) is 11.9. The van der Waals surface area contributed by atoms with Crippen molar-refractivity contribution in [1.29, 1.82) is 0 Å². The molecule has 0 aliphatic rings. The van der Waals surface area contributed by atoms with Crippen LogP contribution in [0.4, 0.5) is 0 Å². The van der Waals surface area contributed by atoms with Gasteiger partial charge in [-0.2, -0.15) is 0 Å². The lowest BCUT2D eigenvalue weighted by Gasteiger charge is -2.16. The molecule has 19 heavy (non-hydrogen) atoms. The van der Waals surface area contributed by atoms with Gasteiger partial charge in [0.25, 0.3) is 0 Å². The second kappa shape index (κ2) is 8.91. The second-order valence-electron chi connectivity index (χ2n) is 4.60. The van der Waals surface area contributed by atoms with Crippen LogP contribution < -0.4 is 10.1 Å². The van der Waals surface area contributed by atoms with E-state index >= 15 is 0 Å². The highest BCUT2D eigenvalue weighted by Crippen LogP contribution is 2.20. The Balaban J connectivity index is 2.55. The van der Waals surface area contributed by atoms with E-state index in [1.54, 1.807) is 7.11 Å². The van der Waals surface area contributed by atoms with Crippen molar-refractivity contribution >= 4 is 0 Å². The molecule has 1 rings (SSSR count). The third-order valence-corrected chi connectivity index (χ3v) is 3.28. The number of aliphatic hydroxyl groups excluding tert-OH is 2. The van der Waals surface area contributed by atoms with E-state index in [4.69, 9.17) is 14.9 Å². The summed E-state index contributed by atoms with van der Waals surface area (Å²) in [6.07, 6.45) is 2.43. The predicted molar refractivity (Wildman–Crippen MR) is 76.7 cm³/mol. The Morgan fingerprint density at radius 3 is 2.68 bits per heavy atom. The average molecular weight is 267 g/mol. The van der Waals surface area contributed by atoms with Gasteiger partial charge in [0.05, 0.1) is 13.7 Å². The largest absolute Gasteiger partial charge is 0.496 e. The molecule has 1 unspecified atom stereocenters. The summed E-state index contributed by atoms with van der Waals surface area (Å²) in [5.41, 5.74) is 2.47. The average Bonchev–Trinajstić information content (AvgIpc) is 2.46. The van der Waals surface area contributed by atoms with Gasteiger partial charge in [-0.3, -0.25) is 0 Å². The summed E-state index contributed by atoms with van der Waals surface area (Å²) in [5.74, 6) is 0.904. The highest BCUT2D eigenvalue weighted by molar-refractivity contribution is 5.37. The Hall–Kier alpha value is -1.10. The van der Waals surface area contributed by atoms with Gasteiger partial charge >= 0.3 is 0 Å². The van der Waals surface area contributed by atoms with Crippen LogP contribution in [0, 0.1) is 0 Å². The molecule has 0 bridgehead atoms. The van der Waals surface area contributed by atoms with Crippen LogP contribution in [-0.2, 0) is 12.8 Å². The number of nitrogens with one attached hydrogen (secondary N) is 1. The highest BCUT2D eigenvalue weighted by atomic mass is 16.5. The maximum Gasteiger partial charge on any atom is 0.122 e. The van der Waals surface area contributed by atoms with Gasteiger partial charge in [-0.1, -0.05) is 19.1 Å². The zero-order chi connectivity index (χ0) is 14.1. The number of methoxy groups -OCH3 is 1. The number of benzene rings is 1. The molecule has 108 valence electrons. The van der Waals surface area contributed by atoms with Crippen molar-refractivity contribution in [1.82, 2.24) is 5.32 Å². The summed E-state index contributed by atoms with van der Waals surface area (Å²) in [6.45, 7) is 3.03. The van der Waals surface area contributed by atoms with Gasteiger partial charge < -0.3 is 20.3 Å². The lowest BCUT2D eigenvalue weighted by Crippen LogP contribution is -2.34. The summed E-state index contributed by atoms with van der Waals surface area (Å²) in [4.78, 5) is 0. The van der Waals surface area contributed by atoms with Gasteiger partial charge in [0.1, 0.15) is 5.75 Å². The number of rotatable bonds is 9. The fourth-order valence-corrected chi connectivity index (χ4v) is 2.07. The zero-order valence-corrected chi connectivity index (χ0v) is 11.9. The first-order chi connectivity index (χ1) is 9.24. The summed E-state index contributed by atoms with van der Waals surface area (Å²) < 4.78 is 5.36. The standard InChI is InChI=1S/C15H25NO3/c1-3-12-4-5-15(19-2)13(10-12)6-8-16-14(11-18)7-9-17/h4-5,10,14,16-18H,3,6-9,11H2,1-2H3. The van der Waals surface area contributed by atoms with Crippen LogP contribution in [0.5, 0.6) is 5.75 Å². The van der Waals surface area contributed by atoms with Gasteiger partial charge in [0.15, 0.2) is 0 Å². The molecule has 1 aromatic carbocycles. The molecule has 0 amide bonds. The number of hydrogen-bond acceptors (Lipinski definition) is 4. The Kier molecular flexibility index (Phi) is 7.48. The van der Waals surface area contributed by atoms with Crippen molar-refractivity contribution in [2.45, 2.75) is 32.2 Å². The van der Waals surface area contributed by atoms with Crippen LogP contribution in [0.1, 0.15) is 24.5 Å². The normalized spacial score (nSPS) is 12.4. The topological polar surface area (TPSA) is 61.7 Å². The van der Waals surface area contributed by atoms with Gasteiger partial charge in [-0.15, -0.1) is 0 Å². The number of hydrogen-bond donors (Lipinski definition) is 3. The first-order valence-electron chi connectivity index (χ1n) is 6.86. The third-order valence-electron chi connectivity index (χ3n) is 3.28. The summed E-state index contributed by atoms with van der Waals surface area (Å²) in [7, 11) is 1.68. The Bertz CT molecular complexity index is 368. The van der Waals surface area contributed by atoms with E-state index in [1.165, 1.54) is 11.1 Å². The smallest absolute Gasteiger partial charge is 0.122 e. The van der Waals surface area contributed by atoms with Crippen LogP contribution >= 0.6 is 0 Å². The number of ether oxygens (including phenoxy) is 1. The lowest BCUT2D eigenvalue weighted by molar-refractivity contribution is 0.201. The minimum Gasteiger partial charge on any atom is -0.496 e. The van der Waals surface area contributed by atoms with E-state index in [2.05, 4.69) is 24.4 Å². The molecular formula is C15H25NO3. The third kappa shape index (κ3) is 5.19. The molecule has 4 heteroatoms. The van der Waals surface area contributed by atoms with Crippen molar-refractivity contribution in [2.24, 2.45) is 0 Å². The van der Waals surface area contributed by atoms with Gasteiger partial charge in [0.2, 0.25) is 0 Å². The van der Waals surface area contributed by atoms with E-state index in [0.717, 1.165) is 25.1 Å². The van der Waals surface area contributed by atoms with E-state index < -0.39 is 0 Å². The molecule has 0 spiro atoms. The number of aliphatic hydroxyl groups is 2. The Labute approximate surface area is 115 Å². The van der Waals surface area contributed by atoms with Crippen LogP contribution in [0.3, 0.4) is 0 Å². The van der Waals surface area contributed by atoms with Crippen LogP contribution in [-0.4, -0.2) is 43.1 Å². The van der Waals surface area contributed by atoms with Crippen LogP contribution in [0.15, 0.2) is 18.2 Å². The van der Waals surface area contributed by atoms with Gasteiger partial charge in [-0.25, -0.2) is 0 Å². The molecule has 3 N–H and O–H groups in total. The first kappa shape index (κ1) is 16.0. The quantitative estimate of drug-likeness (QED) is 0.628. The van der Waals surface area contributed by atoms with Crippen molar-refractivity contribution in [3.63, 3.8) is 0 Å². The maximum atomic E-state index is 9.14. The molecule has 0 heterocycles. The van der Waals surface area contributed by atoms with Crippen molar-refractivity contribution in [2.75, 3.05) is 26.9 Å². The van der Waals surface area contributed by atoms with Gasteiger partial charge in [-0.05, 0) is 43.0 Å². The van der Waals surface area contributed by atoms with Crippen molar-refractivity contribution in [3.8, 4) is 5.75 Å². The number of aryl methyl sites for hydroxylation is 1. The molecule has 4 nitrogen and oxygen atoms in total. The van der Waals surface area contributed by atoms with E-state index in [9.17, 15) is 0 Å². The summed E-state index contributed by atoms with van der Waals surface area (Å²) in [6, 6.07) is 6.22. The second-order valence-corrected chi connectivity index (χ2v) is 4.60. The molecule has 1 aromatic rings.